The van der Waals surface area contributed by atoms with Gasteiger partial charge in [0.25, 0.3) is 0 Å². The lowest BCUT2D eigenvalue weighted by atomic mass is 10.1. The SMILES string of the molecule is O=C(CBr)c1cc(F)c(Cl)c(Br)c1. The van der Waals surface area contributed by atoms with E-state index in [9.17, 15) is 9.18 Å². The summed E-state index contributed by atoms with van der Waals surface area (Å²) in [6.45, 7) is 0. The molecule has 0 unspecified atom stereocenters. The van der Waals surface area contributed by atoms with Crippen LogP contribution in [-0.4, -0.2) is 11.1 Å². The molecule has 1 nitrogen and oxygen atoms in total. The molecule has 0 heterocycles. The number of ketones is 1. The smallest absolute Gasteiger partial charge is 0.173 e. The second-order valence-corrected chi connectivity index (χ2v) is 4.10. The van der Waals surface area contributed by atoms with E-state index in [-0.39, 0.29) is 16.1 Å². The Morgan fingerprint density at radius 1 is 1.54 bits per heavy atom. The third-order valence-electron chi connectivity index (χ3n) is 1.43. The summed E-state index contributed by atoms with van der Waals surface area (Å²) in [5.41, 5.74) is 0.297. The maximum Gasteiger partial charge on any atom is 0.173 e. The van der Waals surface area contributed by atoms with Crippen LogP contribution in [0.25, 0.3) is 0 Å². The van der Waals surface area contributed by atoms with Crippen LogP contribution in [0.15, 0.2) is 16.6 Å². The lowest BCUT2D eigenvalue weighted by Crippen LogP contribution is -2.00. The highest BCUT2D eigenvalue weighted by atomic mass is 79.9. The number of alkyl halides is 1. The van der Waals surface area contributed by atoms with Gasteiger partial charge >= 0.3 is 0 Å². The first-order valence-electron chi connectivity index (χ1n) is 3.30. The van der Waals surface area contributed by atoms with Crippen LogP contribution in [0.3, 0.4) is 0 Å². The molecule has 0 N–H and O–H groups in total. The maximum absolute atomic E-state index is 13.0. The zero-order chi connectivity index (χ0) is 10.0. The van der Waals surface area contributed by atoms with E-state index in [2.05, 4.69) is 31.9 Å². The van der Waals surface area contributed by atoms with Crippen molar-refractivity contribution < 1.29 is 9.18 Å². The fraction of sp³-hybridized carbons (Fsp3) is 0.125. The Balaban J connectivity index is 3.20. The number of rotatable bonds is 2. The summed E-state index contributed by atoms with van der Waals surface area (Å²) in [7, 11) is 0. The van der Waals surface area contributed by atoms with Gasteiger partial charge in [-0.3, -0.25) is 4.79 Å². The van der Waals surface area contributed by atoms with E-state index < -0.39 is 5.82 Å². The summed E-state index contributed by atoms with van der Waals surface area (Å²) in [5.74, 6) is -0.781. The summed E-state index contributed by atoms with van der Waals surface area (Å²) in [6, 6.07) is 2.62. The standard InChI is InChI=1S/C8H4Br2ClFO/c9-3-7(13)4-1-5(10)8(11)6(12)2-4/h1-2H,3H2. The van der Waals surface area contributed by atoms with E-state index in [0.717, 1.165) is 6.07 Å². The molecule has 5 heteroatoms. The molecular weight excluding hydrogens is 326 g/mol. The van der Waals surface area contributed by atoms with Gasteiger partial charge < -0.3 is 0 Å². The number of halogens is 4. The van der Waals surface area contributed by atoms with E-state index >= 15 is 0 Å². The first-order chi connectivity index (χ1) is 6.06. The number of hydrogen-bond acceptors (Lipinski definition) is 1. The normalized spacial score (nSPS) is 10.2. The number of Topliss-reactive ketones (excluding diaryl/α,β-unsaturated/α-hetero) is 1. The molecule has 1 aromatic rings. The Kier molecular flexibility index (Phi) is 3.88. The molecule has 0 aliphatic heterocycles. The number of benzene rings is 1. The Hall–Kier alpha value is 0.0700. The quantitative estimate of drug-likeness (QED) is 0.458. The summed E-state index contributed by atoms with van der Waals surface area (Å²) in [6.07, 6.45) is 0. The van der Waals surface area contributed by atoms with Gasteiger partial charge in [-0.1, -0.05) is 27.5 Å². The lowest BCUT2D eigenvalue weighted by Gasteiger charge is -2.01. The van der Waals surface area contributed by atoms with E-state index in [1.165, 1.54) is 6.07 Å². The summed E-state index contributed by atoms with van der Waals surface area (Å²) in [5, 5.41) is 0.159. The second kappa shape index (κ2) is 4.53. The third-order valence-corrected chi connectivity index (χ3v) is 3.17. The second-order valence-electron chi connectivity index (χ2n) is 2.31. The topological polar surface area (TPSA) is 17.1 Å². The van der Waals surface area contributed by atoms with E-state index in [1.807, 2.05) is 0 Å². The molecule has 0 fully saturated rings. The van der Waals surface area contributed by atoms with Crippen molar-refractivity contribution in [3.05, 3.63) is 33.0 Å². The summed E-state index contributed by atoms with van der Waals surface area (Å²) in [4.78, 5) is 11.2. The van der Waals surface area contributed by atoms with E-state index in [0.29, 0.717) is 10.0 Å². The fourth-order valence-corrected chi connectivity index (χ4v) is 1.66. The van der Waals surface area contributed by atoms with Gasteiger partial charge in [0.05, 0.1) is 10.4 Å². The molecule has 0 aliphatic rings. The van der Waals surface area contributed by atoms with E-state index in [4.69, 9.17) is 11.6 Å². The summed E-state index contributed by atoms with van der Waals surface area (Å²) < 4.78 is 13.4. The molecule has 0 saturated heterocycles. The van der Waals surface area contributed by atoms with Gasteiger partial charge in [0.1, 0.15) is 5.82 Å². The minimum absolute atomic E-state index is 0.00822. The van der Waals surface area contributed by atoms with Crippen molar-refractivity contribution in [1.29, 1.82) is 0 Å². The van der Waals surface area contributed by atoms with E-state index in [1.54, 1.807) is 0 Å². The Labute approximate surface area is 96.5 Å². The van der Waals surface area contributed by atoms with Crippen molar-refractivity contribution in [2.45, 2.75) is 0 Å². The van der Waals surface area contributed by atoms with Gasteiger partial charge in [-0.05, 0) is 28.1 Å². The Morgan fingerprint density at radius 3 is 2.62 bits per heavy atom. The van der Waals surface area contributed by atoms with Gasteiger partial charge in [0.15, 0.2) is 5.78 Å². The number of hydrogen-bond donors (Lipinski definition) is 0. The molecule has 0 aromatic heterocycles. The molecule has 13 heavy (non-hydrogen) atoms. The maximum atomic E-state index is 13.0. The van der Waals surface area contributed by atoms with Crippen molar-refractivity contribution in [2.24, 2.45) is 0 Å². The van der Waals surface area contributed by atoms with Crippen LogP contribution in [0.1, 0.15) is 10.4 Å². The van der Waals surface area contributed by atoms with Crippen molar-refractivity contribution in [3.8, 4) is 0 Å². The molecular formula is C8H4Br2ClFO. The zero-order valence-electron chi connectivity index (χ0n) is 6.28. The lowest BCUT2D eigenvalue weighted by molar-refractivity contribution is 0.102. The third kappa shape index (κ3) is 2.51. The molecule has 1 rings (SSSR count). The van der Waals surface area contributed by atoms with Gasteiger partial charge in [-0.2, -0.15) is 0 Å². The van der Waals surface area contributed by atoms with Crippen LogP contribution < -0.4 is 0 Å². The minimum atomic E-state index is -0.597. The molecule has 0 spiro atoms. The molecule has 1 aromatic carbocycles. The Bertz CT molecular complexity index is 331. The fourth-order valence-electron chi connectivity index (χ4n) is 0.794. The minimum Gasteiger partial charge on any atom is -0.293 e. The highest BCUT2D eigenvalue weighted by molar-refractivity contribution is 9.10. The predicted molar refractivity (Wildman–Crippen MR) is 57.2 cm³/mol. The average Bonchev–Trinajstić information content (AvgIpc) is 2.12. The van der Waals surface area contributed by atoms with Gasteiger partial charge in [0, 0.05) is 10.0 Å². The monoisotopic (exact) mass is 328 g/mol. The summed E-state index contributed by atoms with van der Waals surface area (Å²) >= 11 is 11.6. The van der Waals surface area contributed by atoms with Gasteiger partial charge in [0.2, 0.25) is 0 Å². The molecule has 0 amide bonds. The highest BCUT2D eigenvalue weighted by Crippen LogP contribution is 2.27. The van der Waals surface area contributed by atoms with Crippen molar-refractivity contribution in [2.75, 3.05) is 5.33 Å². The molecule has 0 saturated carbocycles. The van der Waals surface area contributed by atoms with Crippen LogP contribution in [0.2, 0.25) is 5.02 Å². The van der Waals surface area contributed by atoms with Gasteiger partial charge in [-0.15, -0.1) is 0 Å². The molecule has 0 bridgehead atoms. The van der Waals surface area contributed by atoms with Crippen LogP contribution >= 0.6 is 43.5 Å². The van der Waals surface area contributed by atoms with Crippen molar-refractivity contribution in [3.63, 3.8) is 0 Å². The Morgan fingerprint density at radius 2 is 2.15 bits per heavy atom. The predicted octanol–water partition coefficient (Wildman–Crippen LogP) is 3.82. The average molecular weight is 330 g/mol. The first kappa shape index (κ1) is 11.1. The van der Waals surface area contributed by atoms with Crippen LogP contribution in [0, 0.1) is 5.82 Å². The van der Waals surface area contributed by atoms with Crippen LogP contribution in [0.5, 0.6) is 0 Å². The largest absolute Gasteiger partial charge is 0.293 e. The van der Waals surface area contributed by atoms with Crippen LogP contribution in [-0.2, 0) is 0 Å². The number of carbonyl (C=O) groups is 1. The zero-order valence-corrected chi connectivity index (χ0v) is 10.2. The molecule has 70 valence electrons. The molecule has 0 aliphatic carbocycles. The first-order valence-corrected chi connectivity index (χ1v) is 5.59. The number of carbonyl (C=O) groups excluding carboxylic acids is 1. The van der Waals surface area contributed by atoms with Gasteiger partial charge in [-0.25, -0.2) is 4.39 Å². The van der Waals surface area contributed by atoms with Crippen molar-refractivity contribution in [1.82, 2.24) is 0 Å². The molecule has 0 atom stereocenters. The molecule has 0 radical (unpaired) electrons. The highest BCUT2D eigenvalue weighted by Gasteiger charge is 2.11. The van der Waals surface area contributed by atoms with Crippen molar-refractivity contribution >= 4 is 49.2 Å². The van der Waals surface area contributed by atoms with Crippen LogP contribution in [0.4, 0.5) is 4.39 Å².